The first-order valence-electron chi connectivity index (χ1n) is 9.46. The molecule has 0 radical (unpaired) electrons. The highest BCUT2D eigenvalue weighted by Gasteiger charge is 2.17. The van der Waals surface area contributed by atoms with Gasteiger partial charge in [0.1, 0.15) is 0 Å². The number of hydrogen-bond acceptors (Lipinski definition) is 3. The Balaban J connectivity index is 1.33. The number of rotatable bonds is 5. The van der Waals surface area contributed by atoms with E-state index in [0.717, 1.165) is 37.4 Å². The van der Waals surface area contributed by atoms with Crippen molar-refractivity contribution < 1.29 is 0 Å². The van der Waals surface area contributed by atoms with Crippen molar-refractivity contribution in [2.24, 2.45) is 0 Å². The third-order valence-corrected chi connectivity index (χ3v) is 5.03. The highest BCUT2D eigenvalue weighted by Crippen LogP contribution is 2.21. The van der Waals surface area contributed by atoms with E-state index in [1.807, 2.05) is 6.07 Å². The van der Waals surface area contributed by atoms with Gasteiger partial charge >= 0.3 is 0 Å². The molecule has 0 unspecified atom stereocenters. The zero-order valence-electron chi connectivity index (χ0n) is 15.5. The second kappa shape index (κ2) is 8.11. The summed E-state index contributed by atoms with van der Waals surface area (Å²) in [6.07, 6.45) is 0. The molecule has 1 fully saturated rings. The summed E-state index contributed by atoms with van der Waals surface area (Å²) in [5, 5.41) is 2.26. The summed E-state index contributed by atoms with van der Waals surface area (Å²) >= 11 is 0. The van der Waals surface area contributed by atoms with Gasteiger partial charge < -0.3 is 10.3 Å². The van der Waals surface area contributed by atoms with Gasteiger partial charge in [0.25, 0.3) is 0 Å². The third kappa shape index (κ3) is 4.21. The molecule has 0 atom stereocenters. The smallest absolute Gasteiger partial charge is 0.0490 e. The molecule has 1 heterocycles. The van der Waals surface area contributed by atoms with E-state index >= 15 is 0 Å². The van der Waals surface area contributed by atoms with Crippen LogP contribution in [0, 0.1) is 0 Å². The summed E-state index contributed by atoms with van der Waals surface area (Å²) in [4.78, 5) is 2.43. The van der Waals surface area contributed by atoms with Crippen LogP contribution in [0.4, 0.5) is 5.69 Å². The van der Waals surface area contributed by atoms with E-state index in [9.17, 15) is 0 Å². The molecule has 0 spiro atoms. The lowest BCUT2D eigenvalue weighted by Gasteiger charge is -2.37. The standard InChI is InChI=1S/C24H25N3/c1-20(21-12-14-23(15-13-21)22-8-4-2-5-9-22)25-27-18-16-26(17-19-27)24-10-6-3-7-11-24/h2-15,25H,1,16-19H2. The van der Waals surface area contributed by atoms with E-state index in [1.54, 1.807) is 0 Å². The lowest BCUT2D eigenvalue weighted by Crippen LogP contribution is -2.51. The van der Waals surface area contributed by atoms with Crippen LogP contribution in [0.25, 0.3) is 16.8 Å². The average molecular weight is 355 g/mol. The molecule has 4 rings (SSSR count). The van der Waals surface area contributed by atoms with E-state index in [4.69, 9.17) is 0 Å². The number of para-hydroxylation sites is 1. The zero-order valence-corrected chi connectivity index (χ0v) is 15.5. The molecule has 0 bridgehead atoms. The Bertz CT molecular complexity index is 865. The van der Waals surface area contributed by atoms with Gasteiger partial charge in [0.15, 0.2) is 0 Å². The van der Waals surface area contributed by atoms with Crippen LogP contribution in [0.3, 0.4) is 0 Å². The summed E-state index contributed by atoms with van der Waals surface area (Å²) < 4.78 is 0. The van der Waals surface area contributed by atoms with Crippen LogP contribution in [-0.4, -0.2) is 31.2 Å². The first-order valence-corrected chi connectivity index (χ1v) is 9.46. The van der Waals surface area contributed by atoms with Crippen LogP contribution in [0.15, 0.2) is 91.5 Å². The Morgan fingerprint density at radius 2 is 1.22 bits per heavy atom. The molecule has 1 aliphatic rings. The monoisotopic (exact) mass is 355 g/mol. The van der Waals surface area contributed by atoms with E-state index in [2.05, 4.69) is 101 Å². The minimum atomic E-state index is 0.947. The van der Waals surface area contributed by atoms with E-state index in [0.29, 0.717) is 0 Å². The number of nitrogens with one attached hydrogen (secondary N) is 1. The van der Waals surface area contributed by atoms with E-state index in [-0.39, 0.29) is 0 Å². The summed E-state index contributed by atoms with van der Waals surface area (Å²) in [7, 11) is 0. The summed E-state index contributed by atoms with van der Waals surface area (Å²) in [5.74, 6) is 0. The number of anilines is 1. The van der Waals surface area contributed by atoms with Gasteiger partial charge in [-0.15, -0.1) is 0 Å². The number of benzene rings is 3. The summed E-state index contributed by atoms with van der Waals surface area (Å²) in [6, 6.07) is 29.6. The van der Waals surface area contributed by atoms with Crippen molar-refractivity contribution in [2.45, 2.75) is 0 Å². The minimum Gasteiger partial charge on any atom is -0.369 e. The minimum absolute atomic E-state index is 0.947. The predicted molar refractivity (Wildman–Crippen MR) is 114 cm³/mol. The molecule has 0 amide bonds. The molecule has 0 saturated carbocycles. The molecule has 3 aromatic carbocycles. The average Bonchev–Trinajstić information content (AvgIpc) is 2.76. The Labute approximate surface area is 161 Å². The number of hydrogen-bond donors (Lipinski definition) is 1. The van der Waals surface area contributed by atoms with Crippen molar-refractivity contribution in [1.82, 2.24) is 10.4 Å². The van der Waals surface area contributed by atoms with Crippen LogP contribution in [-0.2, 0) is 0 Å². The largest absolute Gasteiger partial charge is 0.369 e. The first-order chi connectivity index (χ1) is 13.3. The SMILES string of the molecule is C=C(NN1CCN(c2ccccc2)CC1)c1ccc(-c2ccccc2)cc1. The van der Waals surface area contributed by atoms with Crippen molar-refractivity contribution in [2.75, 3.05) is 31.1 Å². The van der Waals surface area contributed by atoms with Gasteiger partial charge in [-0.2, -0.15) is 0 Å². The Morgan fingerprint density at radius 3 is 1.85 bits per heavy atom. The van der Waals surface area contributed by atoms with Crippen molar-refractivity contribution in [3.63, 3.8) is 0 Å². The fraction of sp³-hybridized carbons (Fsp3) is 0.167. The van der Waals surface area contributed by atoms with E-state index < -0.39 is 0 Å². The lowest BCUT2D eigenvalue weighted by molar-refractivity contribution is 0.215. The summed E-state index contributed by atoms with van der Waals surface area (Å²) in [6.45, 7) is 8.19. The van der Waals surface area contributed by atoms with Crippen molar-refractivity contribution in [3.05, 3.63) is 97.1 Å². The number of hydrazine groups is 1. The third-order valence-electron chi connectivity index (χ3n) is 5.03. The van der Waals surface area contributed by atoms with Gasteiger partial charge in [0, 0.05) is 37.6 Å². The van der Waals surface area contributed by atoms with Gasteiger partial charge in [-0.05, 0) is 28.8 Å². The molecule has 1 aliphatic heterocycles. The molecular formula is C24H25N3. The predicted octanol–water partition coefficient (Wildman–Crippen LogP) is 4.65. The summed E-state index contributed by atoms with van der Waals surface area (Å²) in [5.41, 5.74) is 9.31. The van der Waals surface area contributed by atoms with Crippen LogP contribution in [0.1, 0.15) is 5.56 Å². The lowest BCUT2D eigenvalue weighted by atomic mass is 10.0. The Morgan fingerprint density at radius 1 is 0.667 bits per heavy atom. The topological polar surface area (TPSA) is 18.5 Å². The molecule has 136 valence electrons. The molecule has 3 aromatic rings. The van der Waals surface area contributed by atoms with Crippen LogP contribution < -0.4 is 10.3 Å². The van der Waals surface area contributed by atoms with Gasteiger partial charge in [0.2, 0.25) is 0 Å². The second-order valence-electron chi connectivity index (χ2n) is 6.84. The molecule has 3 nitrogen and oxygen atoms in total. The quantitative estimate of drug-likeness (QED) is 0.719. The van der Waals surface area contributed by atoms with Gasteiger partial charge in [-0.25, -0.2) is 5.01 Å². The Kier molecular flexibility index (Phi) is 5.22. The normalized spacial score (nSPS) is 14.7. The zero-order chi connectivity index (χ0) is 18.5. The maximum atomic E-state index is 4.23. The fourth-order valence-corrected chi connectivity index (χ4v) is 3.47. The Hall–Kier alpha value is -3.04. The van der Waals surface area contributed by atoms with Crippen LogP contribution in [0.5, 0.6) is 0 Å². The van der Waals surface area contributed by atoms with Crippen LogP contribution >= 0.6 is 0 Å². The highest BCUT2D eigenvalue weighted by molar-refractivity contribution is 5.68. The highest BCUT2D eigenvalue weighted by atomic mass is 15.5. The fourth-order valence-electron chi connectivity index (χ4n) is 3.47. The molecule has 3 heteroatoms. The molecular weight excluding hydrogens is 330 g/mol. The molecule has 27 heavy (non-hydrogen) atoms. The van der Waals surface area contributed by atoms with Gasteiger partial charge in [0.05, 0.1) is 0 Å². The number of piperazine rings is 1. The van der Waals surface area contributed by atoms with Crippen molar-refractivity contribution in [3.8, 4) is 11.1 Å². The maximum Gasteiger partial charge on any atom is 0.0490 e. The maximum absolute atomic E-state index is 4.23. The molecule has 0 aromatic heterocycles. The van der Waals surface area contributed by atoms with Crippen LogP contribution in [0.2, 0.25) is 0 Å². The van der Waals surface area contributed by atoms with Gasteiger partial charge in [-0.3, -0.25) is 0 Å². The molecule has 0 aliphatic carbocycles. The van der Waals surface area contributed by atoms with Crippen molar-refractivity contribution >= 4 is 11.4 Å². The van der Waals surface area contributed by atoms with Crippen molar-refractivity contribution in [1.29, 1.82) is 0 Å². The molecule has 1 saturated heterocycles. The molecule has 1 N–H and O–H groups in total. The number of nitrogens with zero attached hydrogens (tertiary/aromatic N) is 2. The van der Waals surface area contributed by atoms with Gasteiger partial charge in [-0.1, -0.05) is 79.4 Å². The first kappa shape index (κ1) is 17.4. The van der Waals surface area contributed by atoms with E-state index in [1.165, 1.54) is 16.8 Å². The second-order valence-corrected chi connectivity index (χ2v) is 6.84.